The van der Waals surface area contributed by atoms with Gasteiger partial charge in [-0.1, -0.05) is 123 Å². The fourth-order valence-corrected chi connectivity index (χ4v) is 7.97. The van der Waals surface area contributed by atoms with Gasteiger partial charge in [0, 0.05) is 37.2 Å². The summed E-state index contributed by atoms with van der Waals surface area (Å²) in [4.78, 5) is 30.0. The third-order valence-electron chi connectivity index (χ3n) is 10.4. The van der Waals surface area contributed by atoms with Crippen molar-refractivity contribution in [2.45, 2.75) is 62.4 Å². The molecule has 3 aliphatic rings. The molecule has 2 aliphatic carbocycles. The maximum absolute atomic E-state index is 14.6. The van der Waals surface area contributed by atoms with Crippen LogP contribution in [0.1, 0.15) is 72.3 Å². The molecular weight excluding hydrogens is 542 g/mol. The number of amides is 2. The molecule has 0 radical (unpaired) electrons. The largest absolute Gasteiger partial charge is 0.350 e. The fraction of sp³-hybridized carbons (Fsp3) is 0.385. The van der Waals surface area contributed by atoms with Gasteiger partial charge in [0.25, 0.3) is 5.91 Å². The van der Waals surface area contributed by atoms with Crippen LogP contribution in [0.15, 0.2) is 103 Å². The number of carbonyl (C=O) groups excluding carboxylic acids is 2. The second kappa shape index (κ2) is 12.6. The van der Waals surface area contributed by atoms with Crippen molar-refractivity contribution in [1.29, 1.82) is 0 Å². The van der Waals surface area contributed by atoms with E-state index in [1.807, 2.05) is 36.4 Å². The smallest absolute Gasteiger partial charge is 0.251 e. The average Bonchev–Trinajstić information content (AvgIpc) is 3.84. The van der Waals surface area contributed by atoms with Gasteiger partial charge in [-0.3, -0.25) is 14.9 Å². The van der Waals surface area contributed by atoms with Crippen LogP contribution in [-0.4, -0.2) is 47.9 Å². The Kier molecular flexibility index (Phi) is 8.22. The van der Waals surface area contributed by atoms with Gasteiger partial charge in [-0.25, -0.2) is 0 Å². The van der Waals surface area contributed by atoms with Crippen LogP contribution in [0.4, 0.5) is 0 Å². The maximum atomic E-state index is 14.6. The third-order valence-corrected chi connectivity index (χ3v) is 10.4. The molecule has 2 amide bonds. The first-order chi connectivity index (χ1) is 21.6. The average molecular weight is 586 g/mol. The Morgan fingerprint density at radius 1 is 0.818 bits per heavy atom. The predicted octanol–water partition coefficient (Wildman–Crippen LogP) is 6.93. The second-order valence-electron chi connectivity index (χ2n) is 13.2. The summed E-state index contributed by atoms with van der Waals surface area (Å²) in [5, 5.41) is 9.28. The molecule has 5 nitrogen and oxygen atoms in total. The first-order valence-electron chi connectivity index (χ1n) is 16.5. The van der Waals surface area contributed by atoms with E-state index < -0.39 is 5.54 Å². The molecule has 226 valence electrons. The van der Waals surface area contributed by atoms with Crippen molar-refractivity contribution in [2.24, 2.45) is 11.8 Å². The lowest BCUT2D eigenvalue weighted by Gasteiger charge is -2.31. The highest BCUT2D eigenvalue weighted by Gasteiger charge is 2.64. The molecule has 2 saturated carbocycles. The van der Waals surface area contributed by atoms with E-state index in [9.17, 15) is 9.59 Å². The zero-order valence-electron chi connectivity index (χ0n) is 25.5. The molecule has 1 heterocycles. The lowest BCUT2D eigenvalue weighted by Crippen LogP contribution is -2.53. The van der Waals surface area contributed by atoms with E-state index in [0.29, 0.717) is 37.0 Å². The molecule has 1 aliphatic heterocycles. The summed E-state index contributed by atoms with van der Waals surface area (Å²) in [5.41, 5.74) is 2.62. The molecule has 7 rings (SSSR count). The Morgan fingerprint density at radius 3 is 2.18 bits per heavy atom. The molecule has 1 saturated heterocycles. The standard InChI is InChI=1S/C39H43N3O2/c43-37(33-21-20-28-12-10-11-19-32(28)24-33)40-26-34-22-23-42(38(44)39(41-34)25-36(39)31-17-8-3-9-18-31)27-35(29-13-4-1-5-14-29)30-15-6-2-7-16-30/h1-2,4-7,10-16,19-21,24,31,34-36,41H,3,8-9,17-18,22-23,25-27H2,(H,40,43)/t34-,36?,39?/m0/s1. The van der Waals surface area contributed by atoms with Crippen molar-refractivity contribution in [3.63, 3.8) is 0 Å². The summed E-state index contributed by atoms with van der Waals surface area (Å²) in [6.07, 6.45) is 8.00. The molecule has 4 aromatic rings. The normalized spacial score (nSPS) is 24.0. The van der Waals surface area contributed by atoms with Gasteiger partial charge in [0.2, 0.25) is 5.91 Å². The van der Waals surface area contributed by atoms with Gasteiger partial charge in [-0.05, 0) is 58.7 Å². The maximum Gasteiger partial charge on any atom is 0.251 e. The molecule has 2 unspecified atom stereocenters. The van der Waals surface area contributed by atoms with E-state index in [4.69, 9.17) is 0 Å². The van der Waals surface area contributed by atoms with Gasteiger partial charge >= 0.3 is 0 Å². The number of hydrogen-bond donors (Lipinski definition) is 2. The van der Waals surface area contributed by atoms with E-state index in [-0.39, 0.29) is 23.8 Å². The van der Waals surface area contributed by atoms with E-state index >= 15 is 0 Å². The van der Waals surface area contributed by atoms with Gasteiger partial charge in [-0.15, -0.1) is 0 Å². The highest BCUT2D eigenvalue weighted by molar-refractivity contribution is 5.98. The molecule has 0 bridgehead atoms. The molecule has 4 aromatic carbocycles. The minimum Gasteiger partial charge on any atom is -0.350 e. The summed E-state index contributed by atoms with van der Waals surface area (Å²) in [6, 6.07) is 35.2. The van der Waals surface area contributed by atoms with Gasteiger partial charge < -0.3 is 10.2 Å². The first kappa shape index (κ1) is 28.8. The summed E-state index contributed by atoms with van der Waals surface area (Å²) >= 11 is 0. The van der Waals surface area contributed by atoms with Crippen LogP contribution in [0.5, 0.6) is 0 Å². The van der Waals surface area contributed by atoms with Crippen molar-refractivity contribution in [2.75, 3.05) is 19.6 Å². The van der Waals surface area contributed by atoms with Crippen LogP contribution in [0, 0.1) is 11.8 Å². The second-order valence-corrected chi connectivity index (χ2v) is 13.2. The SMILES string of the molecule is O=C(NC[C@@H]1CCN(CC(c2ccccc2)c2ccccc2)C(=O)C2(CC2C2CCCCC2)N1)c1ccc2ccccc2c1. The van der Waals surface area contributed by atoms with Crippen LogP contribution < -0.4 is 10.6 Å². The topological polar surface area (TPSA) is 61.4 Å². The number of nitrogens with zero attached hydrogens (tertiary/aromatic N) is 1. The third kappa shape index (κ3) is 5.90. The number of hydrogen-bond acceptors (Lipinski definition) is 3. The van der Waals surface area contributed by atoms with E-state index in [1.165, 1.54) is 43.2 Å². The van der Waals surface area contributed by atoms with Crippen molar-refractivity contribution in [3.05, 3.63) is 120 Å². The number of nitrogens with one attached hydrogen (secondary N) is 2. The van der Waals surface area contributed by atoms with E-state index in [0.717, 1.165) is 23.6 Å². The number of fused-ring (bicyclic) bond motifs is 1. The number of benzene rings is 4. The quantitative estimate of drug-likeness (QED) is 0.236. The Hall–Kier alpha value is -3.96. The summed E-state index contributed by atoms with van der Waals surface area (Å²) < 4.78 is 0. The van der Waals surface area contributed by atoms with Crippen LogP contribution in [0.2, 0.25) is 0 Å². The molecule has 44 heavy (non-hydrogen) atoms. The fourth-order valence-electron chi connectivity index (χ4n) is 7.97. The number of carbonyl (C=O) groups is 2. The minimum atomic E-state index is -0.519. The van der Waals surface area contributed by atoms with E-state index in [2.05, 4.69) is 82.3 Å². The monoisotopic (exact) mass is 585 g/mol. The highest BCUT2D eigenvalue weighted by Crippen LogP contribution is 2.54. The highest BCUT2D eigenvalue weighted by atomic mass is 16.2. The van der Waals surface area contributed by atoms with Gasteiger partial charge in [0.1, 0.15) is 5.54 Å². The Balaban J connectivity index is 1.12. The Labute approximate surface area is 261 Å². The molecule has 3 atom stereocenters. The zero-order valence-corrected chi connectivity index (χ0v) is 25.5. The van der Waals surface area contributed by atoms with Crippen molar-refractivity contribution in [3.8, 4) is 0 Å². The molecule has 3 fully saturated rings. The molecule has 0 aromatic heterocycles. The van der Waals surface area contributed by atoms with Gasteiger partial charge in [0.15, 0.2) is 0 Å². The zero-order chi connectivity index (χ0) is 29.9. The Bertz CT molecular complexity index is 1560. The predicted molar refractivity (Wildman–Crippen MR) is 177 cm³/mol. The van der Waals surface area contributed by atoms with Crippen molar-refractivity contribution >= 4 is 22.6 Å². The number of rotatable bonds is 8. The first-order valence-corrected chi connectivity index (χ1v) is 16.5. The van der Waals surface area contributed by atoms with Gasteiger partial charge in [-0.2, -0.15) is 0 Å². The Morgan fingerprint density at radius 2 is 1.48 bits per heavy atom. The summed E-state index contributed by atoms with van der Waals surface area (Å²) in [7, 11) is 0. The van der Waals surface area contributed by atoms with Crippen LogP contribution >= 0.6 is 0 Å². The minimum absolute atomic E-state index is 0.0360. The van der Waals surface area contributed by atoms with Crippen LogP contribution in [0.25, 0.3) is 10.8 Å². The van der Waals surface area contributed by atoms with Crippen molar-refractivity contribution in [1.82, 2.24) is 15.5 Å². The van der Waals surface area contributed by atoms with Gasteiger partial charge in [0.05, 0.1) is 0 Å². The lowest BCUT2D eigenvalue weighted by atomic mass is 9.84. The van der Waals surface area contributed by atoms with Crippen LogP contribution in [-0.2, 0) is 4.79 Å². The molecule has 1 spiro atoms. The molecule has 5 heteroatoms. The van der Waals surface area contributed by atoms with Crippen molar-refractivity contribution < 1.29 is 9.59 Å². The van der Waals surface area contributed by atoms with Crippen LogP contribution in [0.3, 0.4) is 0 Å². The van der Waals surface area contributed by atoms with E-state index in [1.54, 1.807) is 0 Å². The molecule has 2 N–H and O–H groups in total. The molecular formula is C39H43N3O2. The summed E-state index contributed by atoms with van der Waals surface area (Å²) in [6.45, 7) is 1.84. The summed E-state index contributed by atoms with van der Waals surface area (Å²) in [5.74, 6) is 1.28. The lowest BCUT2D eigenvalue weighted by molar-refractivity contribution is -0.134.